The van der Waals surface area contributed by atoms with E-state index in [9.17, 15) is 9.59 Å². The summed E-state index contributed by atoms with van der Waals surface area (Å²) in [5.41, 5.74) is 5.26. The molecular weight excluding hydrogens is 192 g/mol. The van der Waals surface area contributed by atoms with Gasteiger partial charge in [0.1, 0.15) is 5.78 Å². The lowest BCUT2D eigenvalue weighted by Crippen LogP contribution is -2.50. The molecule has 4 nitrogen and oxygen atoms in total. The molecule has 0 aliphatic heterocycles. The molecule has 0 saturated heterocycles. The molecule has 1 fully saturated rings. The van der Waals surface area contributed by atoms with Crippen molar-refractivity contribution in [1.29, 1.82) is 0 Å². The smallest absolute Gasteiger partial charge is 0.234 e. The van der Waals surface area contributed by atoms with Crippen molar-refractivity contribution in [3.05, 3.63) is 0 Å². The van der Waals surface area contributed by atoms with Crippen LogP contribution in [0.3, 0.4) is 0 Å². The van der Waals surface area contributed by atoms with Crippen molar-refractivity contribution in [1.82, 2.24) is 4.90 Å². The van der Waals surface area contributed by atoms with Crippen LogP contribution in [0.25, 0.3) is 0 Å². The monoisotopic (exact) mass is 212 g/mol. The van der Waals surface area contributed by atoms with Gasteiger partial charge in [0.25, 0.3) is 0 Å². The Bertz CT molecular complexity index is 265. The molecule has 3 unspecified atom stereocenters. The van der Waals surface area contributed by atoms with E-state index in [0.717, 1.165) is 6.42 Å². The number of hydrogen-bond acceptors (Lipinski definition) is 3. The molecule has 4 heteroatoms. The molecule has 1 saturated carbocycles. The molecular formula is C11H20N2O2. The first kappa shape index (κ1) is 12.2. The summed E-state index contributed by atoms with van der Waals surface area (Å²) in [5.74, 6) is 0.416. The largest absolute Gasteiger partial charge is 0.368 e. The fraction of sp³-hybridized carbons (Fsp3) is 0.818. The number of nitrogens with zero attached hydrogens (tertiary/aromatic N) is 1. The van der Waals surface area contributed by atoms with Crippen molar-refractivity contribution in [2.75, 3.05) is 7.05 Å². The number of carbonyl (C=O) groups is 2. The molecule has 3 atom stereocenters. The minimum atomic E-state index is -0.331. The Labute approximate surface area is 90.8 Å². The average Bonchev–Trinajstić information content (AvgIpc) is 2.19. The summed E-state index contributed by atoms with van der Waals surface area (Å²) < 4.78 is 0. The van der Waals surface area contributed by atoms with E-state index in [2.05, 4.69) is 6.92 Å². The Morgan fingerprint density at radius 2 is 2.20 bits per heavy atom. The van der Waals surface area contributed by atoms with Gasteiger partial charge in [-0.05, 0) is 26.3 Å². The molecule has 2 N–H and O–H groups in total. The maximum atomic E-state index is 11.4. The van der Waals surface area contributed by atoms with E-state index in [1.54, 1.807) is 6.92 Å². The number of carbonyl (C=O) groups excluding carboxylic acids is 2. The molecule has 1 aliphatic rings. The number of rotatable bonds is 3. The van der Waals surface area contributed by atoms with Crippen molar-refractivity contribution in [3.63, 3.8) is 0 Å². The molecule has 0 bridgehead atoms. The number of nitrogens with two attached hydrogens (primary N) is 1. The van der Waals surface area contributed by atoms with Crippen LogP contribution >= 0.6 is 0 Å². The molecule has 1 aliphatic carbocycles. The van der Waals surface area contributed by atoms with Crippen LogP contribution in [0.2, 0.25) is 0 Å². The molecule has 0 aromatic heterocycles. The van der Waals surface area contributed by atoms with Gasteiger partial charge < -0.3 is 5.73 Å². The van der Waals surface area contributed by atoms with E-state index < -0.39 is 0 Å². The summed E-state index contributed by atoms with van der Waals surface area (Å²) in [6.07, 6.45) is 2.14. The van der Waals surface area contributed by atoms with Crippen molar-refractivity contribution >= 4 is 11.7 Å². The molecule has 0 radical (unpaired) electrons. The summed E-state index contributed by atoms with van der Waals surface area (Å²) in [6.45, 7) is 3.91. The van der Waals surface area contributed by atoms with E-state index >= 15 is 0 Å². The summed E-state index contributed by atoms with van der Waals surface area (Å²) in [5, 5.41) is 0. The third kappa shape index (κ3) is 2.78. The standard InChI is InChI=1S/C11H20N2O2/c1-7-4-5-9(14)6-10(7)13(3)8(2)11(12)15/h7-8,10H,4-6H2,1-3H3,(H2,12,15). The van der Waals surface area contributed by atoms with E-state index in [4.69, 9.17) is 5.73 Å². The Kier molecular flexibility index (Phi) is 3.85. The van der Waals surface area contributed by atoms with Gasteiger partial charge in [0.2, 0.25) is 5.91 Å². The SMILES string of the molecule is CC1CCC(=O)CC1N(C)C(C)C(N)=O. The summed E-state index contributed by atoms with van der Waals surface area (Å²) in [4.78, 5) is 24.4. The number of likely N-dealkylation sites (N-methyl/N-ethyl adjacent to an activating group) is 1. The van der Waals surface area contributed by atoms with Gasteiger partial charge in [0, 0.05) is 18.9 Å². The second-order valence-electron chi connectivity index (χ2n) is 4.57. The topological polar surface area (TPSA) is 63.4 Å². The Morgan fingerprint density at radius 1 is 1.60 bits per heavy atom. The van der Waals surface area contributed by atoms with E-state index in [0.29, 0.717) is 24.5 Å². The lowest BCUT2D eigenvalue weighted by atomic mass is 9.84. The predicted molar refractivity (Wildman–Crippen MR) is 58.2 cm³/mol. The lowest BCUT2D eigenvalue weighted by molar-refractivity contribution is -0.128. The van der Waals surface area contributed by atoms with Crippen LogP contribution in [0.1, 0.15) is 33.1 Å². The molecule has 0 aromatic carbocycles. The third-order valence-corrected chi connectivity index (χ3v) is 3.52. The zero-order valence-electron chi connectivity index (χ0n) is 9.69. The van der Waals surface area contributed by atoms with Crippen LogP contribution in [-0.2, 0) is 9.59 Å². The Morgan fingerprint density at radius 3 is 2.73 bits per heavy atom. The fourth-order valence-electron chi connectivity index (χ4n) is 2.15. The second-order valence-corrected chi connectivity index (χ2v) is 4.57. The molecule has 86 valence electrons. The van der Waals surface area contributed by atoms with Crippen molar-refractivity contribution in [2.24, 2.45) is 11.7 Å². The quantitative estimate of drug-likeness (QED) is 0.743. The minimum Gasteiger partial charge on any atom is -0.368 e. The average molecular weight is 212 g/mol. The van der Waals surface area contributed by atoms with Gasteiger partial charge in [0.15, 0.2) is 0 Å². The molecule has 15 heavy (non-hydrogen) atoms. The van der Waals surface area contributed by atoms with Crippen molar-refractivity contribution < 1.29 is 9.59 Å². The zero-order valence-corrected chi connectivity index (χ0v) is 9.69. The van der Waals surface area contributed by atoms with Crippen LogP contribution in [-0.4, -0.2) is 35.7 Å². The normalized spacial score (nSPS) is 29.2. The van der Waals surface area contributed by atoms with Gasteiger partial charge in [-0.2, -0.15) is 0 Å². The second kappa shape index (κ2) is 4.75. The molecule has 0 aromatic rings. The first-order valence-electron chi connectivity index (χ1n) is 5.46. The Balaban J connectivity index is 2.68. The number of primary amides is 1. The van der Waals surface area contributed by atoms with E-state index in [-0.39, 0.29) is 18.0 Å². The maximum Gasteiger partial charge on any atom is 0.234 e. The van der Waals surface area contributed by atoms with Gasteiger partial charge in [0.05, 0.1) is 6.04 Å². The first-order chi connectivity index (χ1) is 6.93. The van der Waals surface area contributed by atoms with Crippen LogP contribution < -0.4 is 5.73 Å². The van der Waals surface area contributed by atoms with Gasteiger partial charge >= 0.3 is 0 Å². The number of amides is 1. The van der Waals surface area contributed by atoms with Crippen LogP contribution in [0, 0.1) is 5.92 Å². The molecule has 1 rings (SSSR count). The fourth-order valence-corrected chi connectivity index (χ4v) is 2.15. The number of hydrogen-bond donors (Lipinski definition) is 1. The van der Waals surface area contributed by atoms with Gasteiger partial charge in [-0.1, -0.05) is 6.92 Å². The number of Topliss-reactive ketones (excluding diaryl/α,β-unsaturated/α-hetero) is 1. The first-order valence-corrected chi connectivity index (χ1v) is 5.46. The zero-order chi connectivity index (χ0) is 11.6. The highest BCUT2D eigenvalue weighted by molar-refractivity contribution is 5.81. The van der Waals surface area contributed by atoms with Gasteiger partial charge in [-0.25, -0.2) is 0 Å². The van der Waals surface area contributed by atoms with Crippen molar-refractivity contribution in [2.45, 2.75) is 45.2 Å². The maximum absolute atomic E-state index is 11.4. The lowest BCUT2D eigenvalue weighted by Gasteiger charge is -2.37. The summed E-state index contributed by atoms with van der Waals surface area (Å²) in [7, 11) is 1.87. The summed E-state index contributed by atoms with van der Waals surface area (Å²) in [6, 6.07) is -0.142. The van der Waals surface area contributed by atoms with Crippen LogP contribution in [0.15, 0.2) is 0 Å². The molecule has 0 heterocycles. The van der Waals surface area contributed by atoms with Gasteiger partial charge in [-0.3, -0.25) is 14.5 Å². The molecule has 0 spiro atoms. The van der Waals surface area contributed by atoms with Gasteiger partial charge in [-0.15, -0.1) is 0 Å². The number of ketones is 1. The van der Waals surface area contributed by atoms with Crippen LogP contribution in [0.5, 0.6) is 0 Å². The minimum absolute atomic E-state index is 0.161. The predicted octanol–water partition coefficient (Wildman–Crippen LogP) is 0.550. The Hall–Kier alpha value is -0.900. The van der Waals surface area contributed by atoms with E-state index in [1.165, 1.54) is 0 Å². The highest BCUT2D eigenvalue weighted by Gasteiger charge is 2.32. The van der Waals surface area contributed by atoms with Crippen molar-refractivity contribution in [3.8, 4) is 0 Å². The highest BCUT2D eigenvalue weighted by atomic mass is 16.1. The third-order valence-electron chi connectivity index (χ3n) is 3.52. The molecule has 1 amide bonds. The van der Waals surface area contributed by atoms with E-state index in [1.807, 2.05) is 11.9 Å². The van der Waals surface area contributed by atoms with Crippen LogP contribution in [0.4, 0.5) is 0 Å². The highest BCUT2D eigenvalue weighted by Crippen LogP contribution is 2.26. The summed E-state index contributed by atoms with van der Waals surface area (Å²) >= 11 is 0.